The van der Waals surface area contributed by atoms with Crippen molar-refractivity contribution >= 4 is 17.7 Å². The van der Waals surface area contributed by atoms with Gasteiger partial charge >= 0.3 is 0 Å². The molecule has 0 bridgehead atoms. The number of hydrogen-bond acceptors (Lipinski definition) is 5. The number of nitrogens with one attached hydrogen (secondary N) is 1. The van der Waals surface area contributed by atoms with Crippen LogP contribution in [-0.4, -0.2) is 40.1 Å². The van der Waals surface area contributed by atoms with Gasteiger partial charge < -0.3 is 10.1 Å². The summed E-state index contributed by atoms with van der Waals surface area (Å²) in [6.07, 6.45) is 1.06. The number of aryl methyl sites for hydroxylation is 1. The maximum Gasteiger partial charge on any atom is 0.230 e. The fourth-order valence-electron chi connectivity index (χ4n) is 3.69. The van der Waals surface area contributed by atoms with E-state index in [0.29, 0.717) is 24.2 Å². The molecule has 0 fully saturated rings. The van der Waals surface area contributed by atoms with E-state index >= 15 is 0 Å². The lowest BCUT2D eigenvalue weighted by Gasteiger charge is -2.15. The average Bonchev–Trinajstić information content (AvgIpc) is 3.19. The first kappa shape index (κ1) is 25.0. The second-order valence-electron chi connectivity index (χ2n) is 8.74. The van der Waals surface area contributed by atoms with E-state index in [2.05, 4.69) is 72.7 Å². The molecule has 176 valence electrons. The van der Waals surface area contributed by atoms with Crippen LogP contribution in [0, 0.1) is 12.8 Å². The Labute approximate surface area is 201 Å². The number of carbonyl (C=O) groups is 1. The molecular formula is C26H34N4O2S. The van der Waals surface area contributed by atoms with Gasteiger partial charge in [0.25, 0.3) is 0 Å². The highest BCUT2D eigenvalue weighted by molar-refractivity contribution is 7.99. The Kier molecular flexibility index (Phi) is 9.09. The fraction of sp³-hybridized carbons (Fsp3) is 0.423. The van der Waals surface area contributed by atoms with Gasteiger partial charge in [0.1, 0.15) is 0 Å². The van der Waals surface area contributed by atoms with Crippen molar-refractivity contribution < 1.29 is 9.53 Å². The number of methoxy groups -OCH3 is 1. The zero-order valence-electron chi connectivity index (χ0n) is 20.2. The normalized spacial score (nSPS) is 12.2. The monoisotopic (exact) mass is 466 g/mol. The van der Waals surface area contributed by atoms with E-state index in [9.17, 15) is 4.79 Å². The average molecular weight is 467 g/mol. The standard InChI is InChI=1S/C26H34N4O2S/c1-18(2)15-21-9-11-22(12-10-21)20(4)27-24(31)17-33-26-29-28-25(30(26)13-14-32-5)23-8-6-7-19(3)16-23/h6-12,16,18,20H,13-15,17H2,1-5H3,(H,27,31). The minimum absolute atomic E-state index is 0.0304. The van der Waals surface area contributed by atoms with E-state index < -0.39 is 0 Å². The van der Waals surface area contributed by atoms with Gasteiger partial charge in [-0.2, -0.15) is 0 Å². The summed E-state index contributed by atoms with van der Waals surface area (Å²) in [5, 5.41) is 12.6. The molecule has 0 aliphatic carbocycles. The van der Waals surface area contributed by atoms with Gasteiger partial charge in [-0.1, -0.05) is 73.6 Å². The van der Waals surface area contributed by atoms with Gasteiger partial charge in [0, 0.05) is 12.7 Å². The first-order valence-corrected chi connectivity index (χ1v) is 12.4. The molecule has 0 spiro atoms. The molecule has 0 saturated heterocycles. The van der Waals surface area contributed by atoms with Gasteiger partial charge in [0.05, 0.1) is 24.9 Å². The topological polar surface area (TPSA) is 69.0 Å². The Morgan fingerprint density at radius 2 is 1.88 bits per heavy atom. The lowest BCUT2D eigenvalue weighted by atomic mass is 10.00. The van der Waals surface area contributed by atoms with E-state index in [1.165, 1.54) is 17.3 Å². The number of carbonyl (C=O) groups excluding carboxylic acids is 1. The van der Waals surface area contributed by atoms with Crippen molar-refractivity contribution in [1.29, 1.82) is 0 Å². The third-order valence-electron chi connectivity index (χ3n) is 5.35. The van der Waals surface area contributed by atoms with E-state index in [4.69, 9.17) is 4.74 Å². The van der Waals surface area contributed by atoms with Crippen molar-refractivity contribution in [2.75, 3.05) is 19.5 Å². The summed E-state index contributed by atoms with van der Waals surface area (Å²) >= 11 is 1.39. The summed E-state index contributed by atoms with van der Waals surface area (Å²) in [6, 6.07) is 16.6. The molecule has 1 N–H and O–H groups in total. The summed E-state index contributed by atoms with van der Waals surface area (Å²) < 4.78 is 7.30. The summed E-state index contributed by atoms with van der Waals surface area (Å²) in [5.74, 6) is 1.65. The highest BCUT2D eigenvalue weighted by Gasteiger charge is 2.17. The number of thioether (sulfide) groups is 1. The van der Waals surface area contributed by atoms with Crippen molar-refractivity contribution in [2.24, 2.45) is 5.92 Å². The molecule has 3 aromatic rings. The van der Waals surface area contributed by atoms with Crippen LogP contribution in [0.2, 0.25) is 0 Å². The van der Waals surface area contributed by atoms with Gasteiger partial charge in [-0.15, -0.1) is 10.2 Å². The van der Waals surface area contributed by atoms with Crippen molar-refractivity contribution in [1.82, 2.24) is 20.1 Å². The lowest BCUT2D eigenvalue weighted by molar-refractivity contribution is -0.119. The molecule has 0 radical (unpaired) electrons. The van der Waals surface area contributed by atoms with Crippen LogP contribution in [0.25, 0.3) is 11.4 Å². The molecule has 2 aromatic carbocycles. The molecule has 1 amide bonds. The number of nitrogens with zero attached hydrogens (tertiary/aromatic N) is 3. The van der Waals surface area contributed by atoms with Gasteiger partial charge in [0.2, 0.25) is 5.91 Å². The van der Waals surface area contributed by atoms with Gasteiger partial charge in [-0.05, 0) is 43.4 Å². The molecule has 1 atom stereocenters. The maximum absolute atomic E-state index is 12.6. The zero-order chi connectivity index (χ0) is 23.8. The van der Waals surface area contributed by atoms with Gasteiger partial charge in [-0.25, -0.2) is 0 Å². The lowest BCUT2D eigenvalue weighted by Crippen LogP contribution is -2.28. The Hall–Kier alpha value is -2.64. The van der Waals surface area contributed by atoms with E-state index in [-0.39, 0.29) is 17.7 Å². The molecule has 1 unspecified atom stereocenters. The summed E-state index contributed by atoms with van der Waals surface area (Å²) in [5.41, 5.74) is 4.59. The van der Waals surface area contributed by atoms with Crippen LogP contribution in [-0.2, 0) is 22.5 Å². The Bertz CT molecular complexity index is 1050. The smallest absolute Gasteiger partial charge is 0.230 e. The van der Waals surface area contributed by atoms with E-state index in [1.54, 1.807) is 7.11 Å². The number of benzene rings is 2. The number of aromatic nitrogens is 3. The number of amides is 1. The molecule has 0 aliphatic heterocycles. The van der Waals surface area contributed by atoms with E-state index in [0.717, 1.165) is 28.9 Å². The summed E-state index contributed by atoms with van der Waals surface area (Å²) in [7, 11) is 1.67. The SMILES string of the molecule is COCCn1c(SCC(=O)NC(C)c2ccc(CC(C)C)cc2)nnc1-c1cccc(C)c1. The van der Waals surface area contributed by atoms with Crippen LogP contribution < -0.4 is 5.32 Å². The first-order chi connectivity index (χ1) is 15.9. The maximum atomic E-state index is 12.6. The molecule has 7 heteroatoms. The molecule has 1 heterocycles. The predicted molar refractivity (Wildman–Crippen MR) is 134 cm³/mol. The van der Waals surface area contributed by atoms with Crippen molar-refractivity contribution in [3.05, 3.63) is 65.2 Å². The number of rotatable bonds is 11. The highest BCUT2D eigenvalue weighted by Crippen LogP contribution is 2.25. The summed E-state index contributed by atoms with van der Waals surface area (Å²) in [4.78, 5) is 12.6. The van der Waals surface area contributed by atoms with Crippen LogP contribution in [0.3, 0.4) is 0 Å². The largest absolute Gasteiger partial charge is 0.383 e. The molecule has 6 nitrogen and oxygen atoms in total. The predicted octanol–water partition coefficient (Wildman–Crippen LogP) is 5.07. The molecule has 0 aliphatic rings. The molecule has 0 saturated carbocycles. The quantitative estimate of drug-likeness (QED) is 0.400. The Morgan fingerprint density at radius 1 is 1.12 bits per heavy atom. The van der Waals surface area contributed by atoms with Gasteiger partial charge in [0.15, 0.2) is 11.0 Å². The van der Waals surface area contributed by atoms with Crippen LogP contribution in [0.4, 0.5) is 0 Å². The van der Waals surface area contributed by atoms with Crippen LogP contribution in [0.5, 0.6) is 0 Å². The minimum Gasteiger partial charge on any atom is -0.383 e. The molecule has 3 rings (SSSR count). The summed E-state index contributed by atoms with van der Waals surface area (Å²) in [6.45, 7) is 9.66. The highest BCUT2D eigenvalue weighted by atomic mass is 32.2. The Balaban J connectivity index is 1.63. The fourth-order valence-corrected chi connectivity index (χ4v) is 4.46. The van der Waals surface area contributed by atoms with Gasteiger partial charge in [-0.3, -0.25) is 9.36 Å². The van der Waals surface area contributed by atoms with Crippen molar-refractivity contribution in [2.45, 2.75) is 51.9 Å². The first-order valence-electron chi connectivity index (χ1n) is 11.4. The number of ether oxygens (including phenoxy) is 1. The zero-order valence-corrected chi connectivity index (χ0v) is 21.0. The third-order valence-corrected chi connectivity index (χ3v) is 6.31. The Morgan fingerprint density at radius 3 is 2.55 bits per heavy atom. The van der Waals surface area contributed by atoms with Crippen LogP contribution in [0.1, 0.15) is 43.5 Å². The van der Waals surface area contributed by atoms with Crippen LogP contribution >= 0.6 is 11.8 Å². The molecular weight excluding hydrogens is 432 g/mol. The molecule has 1 aromatic heterocycles. The second kappa shape index (κ2) is 12.0. The number of hydrogen-bond donors (Lipinski definition) is 1. The minimum atomic E-state index is -0.0552. The second-order valence-corrected chi connectivity index (χ2v) is 9.68. The van der Waals surface area contributed by atoms with E-state index in [1.807, 2.05) is 23.6 Å². The van der Waals surface area contributed by atoms with Crippen LogP contribution in [0.15, 0.2) is 53.7 Å². The molecule has 33 heavy (non-hydrogen) atoms. The van der Waals surface area contributed by atoms with Crippen molar-refractivity contribution in [3.63, 3.8) is 0 Å². The third kappa shape index (κ3) is 7.17. The van der Waals surface area contributed by atoms with Crippen molar-refractivity contribution in [3.8, 4) is 11.4 Å².